The van der Waals surface area contributed by atoms with Gasteiger partial charge in [0.2, 0.25) is 0 Å². The molecule has 0 bridgehead atoms. The number of hydrogen-bond acceptors (Lipinski definition) is 0. The molecule has 0 N–H and O–H groups in total. The summed E-state index contributed by atoms with van der Waals surface area (Å²) in [7, 11) is 0. The molecular formula is C3H5Cl2F. The first-order valence-corrected chi connectivity index (χ1v) is 2.41. The van der Waals surface area contributed by atoms with Gasteiger partial charge < -0.3 is 0 Å². The predicted octanol–water partition coefficient (Wildman–Crippen LogP) is 2.15. The molecule has 0 unspecified atom stereocenters. The van der Waals surface area contributed by atoms with Crippen molar-refractivity contribution in [2.24, 2.45) is 0 Å². The molecule has 0 saturated carbocycles. The van der Waals surface area contributed by atoms with Crippen LogP contribution in [0.25, 0.3) is 0 Å². The van der Waals surface area contributed by atoms with Crippen LogP contribution in [0.4, 0.5) is 4.39 Å². The molecule has 0 nitrogen and oxygen atoms in total. The fraction of sp³-hybridized carbons (Fsp3) is 1.00. The standard InChI is InChI=1S/C3H5Cl2F/c1-3(5,6)2-4/h2H2,1H3/t3-/m1/s1. The fourth-order valence-corrected chi connectivity index (χ4v) is 0. The molecule has 0 aliphatic carbocycles. The summed E-state index contributed by atoms with van der Waals surface area (Å²) in [6, 6.07) is 0. The topological polar surface area (TPSA) is 0 Å². The van der Waals surface area contributed by atoms with Crippen LogP contribution >= 0.6 is 23.2 Å². The molecule has 0 aromatic carbocycles. The normalized spacial score (nSPS) is 20.0. The van der Waals surface area contributed by atoms with Gasteiger partial charge in [0.1, 0.15) is 0 Å². The summed E-state index contributed by atoms with van der Waals surface area (Å²) >= 11 is 9.89. The number of rotatable bonds is 1. The molecule has 0 aromatic heterocycles. The van der Waals surface area contributed by atoms with Gasteiger partial charge in [-0.1, -0.05) is 11.6 Å². The summed E-state index contributed by atoms with van der Waals surface area (Å²) in [5.41, 5.74) is 0. The third kappa shape index (κ3) is 4.51. The van der Waals surface area contributed by atoms with Crippen molar-refractivity contribution in [1.82, 2.24) is 0 Å². The summed E-state index contributed by atoms with van der Waals surface area (Å²) in [6.07, 6.45) is 0. The summed E-state index contributed by atoms with van der Waals surface area (Å²) in [6.45, 7) is 1.21. The van der Waals surface area contributed by atoms with Gasteiger partial charge in [-0.25, -0.2) is 4.39 Å². The van der Waals surface area contributed by atoms with E-state index < -0.39 is 5.13 Å². The molecule has 0 heterocycles. The van der Waals surface area contributed by atoms with E-state index in [2.05, 4.69) is 0 Å². The monoisotopic (exact) mass is 130 g/mol. The number of halogens is 3. The van der Waals surface area contributed by atoms with Crippen molar-refractivity contribution in [2.75, 3.05) is 5.88 Å². The highest BCUT2D eigenvalue weighted by molar-refractivity contribution is 6.29. The second-order valence-electron chi connectivity index (χ2n) is 1.20. The van der Waals surface area contributed by atoms with Crippen LogP contribution < -0.4 is 0 Å². The maximum absolute atomic E-state index is 11.8. The third-order valence-corrected chi connectivity index (χ3v) is 1.01. The Morgan fingerprint density at radius 2 is 2.00 bits per heavy atom. The molecule has 0 fully saturated rings. The highest BCUT2D eigenvalue weighted by atomic mass is 35.5. The Bertz CT molecular complexity index is 38.5. The predicted molar refractivity (Wildman–Crippen MR) is 26.1 cm³/mol. The van der Waals surface area contributed by atoms with E-state index in [0.717, 1.165) is 0 Å². The molecule has 0 rings (SSSR count). The van der Waals surface area contributed by atoms with Crippen molar-refractivity contribution in [1.29, 1.82) is 0 Å². The zero-order valence-electron chi connectivity index (χ0n) is 3.34. The first-order valence-electron chi connectivity index (χ1n) is 1.50. The average Bonchev–Trinajstić information content (AvgIpc) is 1.35. The lowest BCUT2D eigenvalue weighted by molar-refractivity contribution is 0.340. The average molecular weight is 131 g/mol. The molecule has 0 aromatic rings. The van der Waals surface area contributed by atoms with Crippen molar-refractivity contribution < 1.29 is 4.39 Å². The Labute approximate surface area is 46.2 Å². The number of alkyl halides is 3. The smallest absolute Gasteiger partial charge is 0.194 e. The molecule has 0 radical (unpaired) electrons. The lowest BCUT2D eigenvalue weighted by Gasteiger charge is -2.02. The van der Waals surface area contributed by atoms with Crippen molar-refractivity contribution in [3.05, 3.63) is 0 Å². The summed E-state index contributed by atoms with van der Waals surface area (Å²) in [5.74, 6) is -0.158. The van der Waals surface area contributed by atoms with Gasteiger partial charge in [-0.3, -0.25) is 0 Å². The minimum Gasteiger partial charge on any atom is -0.225 e. The third-order valence-electron chi connectivity index (χ3n) is 0.235. The van der Waals surface area contributed by atoms with E-state index in [1.165, 1.54) is 6.92 Å². The minimum atomic E-state index is -1.72. The zero-order valence-corrected chi connectivity index (χ0v) is 4.85. The van der Waals surface area contributed by atoms with Crippen molar-refractivity contribution >= 4 is 23.2 Å². The van der Waals surface area contributed by atoms with Crippen LogP contribution in [0.1, 0.15) is 6.92 Å². The first kappa shape index (κ1) is 6.51. The van der Waals surface area contributed by atoms with Gasteiger partial charge in [0.15, 0.2) is 5.13 Å². The highest BCUT2D eigenvalue weighted by Gasteiger charge is 2.14. The van der Waals surface area contributed by atoms with Gasteiger partial charge in [-0.2, -0.15) is 0 Å². The molecule has 0 aliphatic heterocycles. The van der Waals surface area contributed by atoms with Crippen molar-refractivity contribution in [2.45, 2.75) is 12.1 Å². The van der Waals surface area contributed by atoms with Crippen LogP contribution in [0.15, 0.2) is 0 Å². The molecule has 1 atom stereocenters. The minimum absolute atomic E-state index is 0.158. The largest absolute Gasteiger partial charge is 0.225 e. The van der Waals surface area contributed by atoms with Crippen LogP contribution in [0.5, 0.6) is 0 Å². The Hall–Kier alpha value is 0.510. The van der Waals surface area contributed by atoms with Gasteiger partial charge in [0.05, 0.1) is 5.88 Å². The van der Waals surface area contributed by atoms with E-state index in [1.54, 1.807) is 0 Å². The SMILES string of the molecule is C[C@](F)(Cl)CCl. The summed E-state index contributed by atoms with van der Waals surface area (Å²) in [4.78, 5) is 0. The molecule has 6 heavy (non-hydrogen) atoms. The maximum atomic E-state index is 11.8. The van der Waals surface area contributed by atoms with Crippen LogP contribution in [-0.4, -0.2) is 11.0 Å². The van der Waals surface area contributed by atoms with Gasteiger partial charge in [-0.15, -0.1) is 11.6 Å². The van der Waals surface area contributed by atoms with E-state index >= 15 is 0 Å². The van der Waals surface area contributed by atoms with E-state index in [9.17, 15) is 4.39 Å². The van der Waals surface area contributed by atoms with Crippen molar-refractivity contribution in [3.8, 4) is 0 Å². The van der Waals surface area contributed by atoms with Crippen LogP contribution in [0.3, 0.4) is 0 Å². The highest BCUT2D eigenvalue weighted by Crippen LogP contribution is 2.15. The molecule has 38 valence electrons. The Kier molecular flexibility index (Phi) is 2.16. The van der Waals surface area contributed by atoms with E-state index in [1.807, 2.05) is 0 Å². The molecular weight excluding hydrogens is 126 g/mol. The molecule has 0 aliphatic rings. The van der Waals surface area contributed by atoms with Crippen molar-refractivity contribution in [3.63, 3.8) is 0 Å². The molecule has 3 heteroatoms. The second-order valence-corrected chi connectivity index (χ2v) is 2.26. The number of hydrogen-bond donors (Lipinski definition) is 0. The van der Waals surface area contributed by atoms with Gasteiger partial charge in [-0.05, 0) is 6.92 Å². The molecule has 0 amide bonds. The fourth-order valence-electron chi connectivity index (χ4n) is 0. The molecule has 0 spiro atoms. The van der Waals surface area contributed by atoms with Crippen LogP contribution in [-0.2, 0) is 0 Å². The Balaban J connectivity index is 3.17. The lowest BCUT2D eigenvalue weighted by Crippen LogP contribution is -2.08. The Morgan fingerprint density at radius 3 is 2.00 bits per heavy atom. The van der Waals surface area contributed by atoms with Gasteiger partial charge in [0.25, 0.3) is 0 Å². The summed E-state index contributed by atoms with van der Waals surface area (Å²) < 4.78 is 11.8. The quantitative estimate of drug-likeness (QED) is 0.478. The summed E-state index contributed by atoms with van der Waals surface area (Å²) in [5, 5.41) is -1.72. The van der Waals surface area contributed by atoms with E-state index in [-0.39, 0.29) is 5.88 Å². The molecule has 0 saturated heterocycles. The van der Waals surface area contributed by atoms with E-state index in [0.29, 0.717) is 0 Å². The van der Waals surface area contributed by atoms with Crippen LogP contribution in [0.2, 0.25) is 0 Å². The van der Waals surface area contributed by atoms with Gasteiger partial charge in [0, 0.05) is 0 Å². The van der Waals surface area contributed by atoms with E-state index in [4.69, 9.17) is 23.2 Å². The second kappa shape index (κ2) is 1.99. The maximum Gasteiger partial charge on any atom is 0.194 e. The zero-order chi connectivity index (χ0) is 5.21. The van der Waals surface area contributed by atoms with Gasteiger partial charge >= 0.3 is 0 Å². The first-order chi connectivity index (χ1) is 2.56. The van der Waals surface area contributed by atoms with Crippen LogP contribution in [0, 0.1) is 0 Å². The lowest BCUT2D eigenvalue weighted by atomic mass is 10.5. The Morgan fingerprint density at radius 1 is 1.83 bits per heavy atom.